The van der Waals surface area contributed by atoms with E-state index >= 15 is 0 Å². The normalized spacial score (nSPS) is 20.6. The lowest BCUT2D eigenvalue weighted by Gasteiger charge is -2.31. The van der Waals surface area contributed by atoms with E-state index in [1.807, 2.05) is 60.5 Å². The highest BCUT2D eigenvalue weighted by Crippen LogP contribution is 2.37. The molecule has 8 heteroatoms. The maximum Gasteiger partial charge on any atom is 0.313 e. The van der Waals surface area contributed by atoms with Gasteiger partial charge in [0.25, 0.3) is 5.91 Å². The van der Waals surface area contributed by atoms with Gasteiger partial charge in [0.05, 0.1) is 19.1 Å². The molecular weight excluding hydrogens is 460 g/mol. The molecule has 1 amide bonds. The van der Waals surface area contributed by atoms with Crippen LogP contribution in [0.15, 0.2) is 72.8 Å². The Morgan fingerprint density at radius 3 is 2.31 bits per heavy atom. The van der Waals surface area contributed by atoms with Gasteiger partial charge in [0.2, 0.25) is 0 Å². The molecule has 186 valence electrons. The number of fused-ring (bicyclic) bond motifs is 2. The number of hydrogen-bond donors (Lipinski definition) is 3. The molecule has 3 atom stereocenters. The Hall–Kier alpha value is -4.17. The standard InChI is InChI=1S/C16H13NO3.C12H15NO3/c18-15-12-9-5-4-8-11(12)13(16(19)20)14(17-15)10-6-2-1-3-7-10;1-13-6-8-3-4-9(16-2)5-10(8)11(7-13)12(14)15/h1-9,13-14H,(H,17,18)(H,19,20);3-5,11H,6-7H2,1-2H3,(H,14,15). The van der Waals surface area contributed by atoms with E-state index in [-0.39, 0.29) is 5.91 Å². The summed E-state index contributed by atoms with van der Waals surface area (Å²) in [6.45, 7) is 1.35. The van der Waals surface area contributed by atoms with E-state index < -0.39 is 29.8 Å². The quantitative estimate of drug-likeness (QED) is 0.513. The van der Waals surface area contributed by atoms with E-state index in [2.05, 4.69) is 5.32 Å². The van der Waals surface area contributed by atoms with Gasteiger partial charge < -0.3 is 25.2 Å². The van der Waals surface area contributed by atoms with Gasteiger partial charge >= 0.3 is 11.9 Å². The molecule has 3 aromatic rings. The van der Waals surface area contributed by atoms with Crippen LogP contribution in [0.5, 0.6) is 5.75 Å². The first-order valence-corrected chi connectivity index (χ1v) is 11.6. The first kappa shape index (κ1) is 24.9. The molecule has 0 saturated heterocycles. The lowest BCUT2D eigenvalue weighted by Crippen LogP contribution is -2.41. The van der Waals surface area contributed by atoms with Gasteiger partial charge in [-0.2, -0.15) is 0 Å². The van der Waals surface area contributed by atoms with Crippen LogP contribution in [0, 0.1) is 0 Å². The number of nitrogens with zero attached hydrogens (tertiary/aromatic N) is 1. The molecule has 2 heterocycles. The van der Waals surface area contributed by atoms with Gasteiger partial charge in [0, 0.05) is 18.7 Å². The summed E-state index contributed by atoms with van der Waals surface area (Å²) in [4.78, 5) is 37.0. The second kappa shape index (κ2) is 10.6. The minimum absolute atomic E-state index is 0.230. The molecule has 0 radical (unpaired) electrons. The molecule has 8 nitrogen and oxygen atoms in total. The summed E-state index contributed by atoms with van der Waals surface area (Å²) in [7, 11) is 3.52. The molecule has 5 rings (SSSR count). The number of ether oxygens (including phenoxy) is 1. The summed E-state index contributed by atoms with van der Waals surface area (Å²) >= 11 is 0. The van der Waals surface area contributed by atoms with Crippen LogP contribution < -0.4 is 10.1 Å². The van der Waals surface area contributed by atoms with Crippen LogP contribution in [0.2, 0.25) is 0 Å². The zero-order valence-electron chi connectivity index (χ0n) is 20.0. The maximum absolute atomic E-state index is 12.1. The summed E-state index contributed by atoms with van der Waals surface area (Å²) in [5, 5.41) is 21.6. The number of benzene rings is 3. The predicted octanol–water partition coefficient (Wildman–Crippen LogP) is 3.65. The SMILES string of the molecule is COc1ccc2c(c1)C(C(=O)O)CN(C)C2.O=C1NC(c2ccccc2)C(C(=O)O)c2ccccc21. The van der Waals surface area contributed by atoms with Crippen molar-refractivity contribution in [3.63, 3.8) is 0 Å². The Morgan fingerprint density at radius 1 is 0.944 bits per heavy atom. The third-order valence-electron chi connectivity index (χ3n) is 6.55. The summed E-state index contributed by atoms with van der Waals surface area (Å²) in [6.07, 6.45) is 0. The topological polar surface area (TPSA) is 116 Å². The monoisotopic (exact) mass is 488 g/mol. The van der Waals surface area contributed by atoms with Crippen LogP contribution >= 0.6 is 0 Å². The molecule has 0 aromatic heterocycles. The molecule has 0 bridgehead atoms. The largest absolute Gasteiger partial charge is 0.497 e. The van der Waals surface area contributed by atoms with E-state index in [9.17, 15) is 24.6 Å². The van der Waals surface area contributed by atoms with Crippen molar-refractivity contribution >= 4 is 17.8 Å². The molecule has 3 aromatic carbocycles. The molecule has 0 fully saturated rings. The average Bonchev–Trinajstić information content (AvgIpc) is 2.88. The van der Waals surface area contributed by atoms with Crippen LogP contribution in [0.3, 0.4) is 0 Å². The summed E-state index contributed by atoms with van der Waals surface area (Å²) < 4.78 is 5.13. The lowest BCUT2D eigenvalue weighted by molar-refractivity contribution is -0.140. The average molecular weight is 489 g/mol. The van der Waals surface area contributed by atoms with Crippen LogP contribution in [-0.4, -0.2) is 53.7 Å². The summed E-state index contributed by atoms with van der Waals surface area (Å²) in [5.41, 5.74) is 3.75. The zero-order valence-corrected chi connectivity index (χ0v) is 20.0. The van der Waals surface area contributed by atoms with E-state index in [4.69, 9.17) is 4.74 Å². The van der Waals surface area contributed by atoms with E-state index in [0.717, 1.165) is 29.0 Å². The third kappa shape index (κ3) is 5.08. The van der Waals surface area contributed by atoms with Crippen molar-refractivity contribution < 1.29 is 29.3 Å². The van der Waals surface area contributed by atoms with Crippen LogP contribution in [-0.2, 0) is 16.1 Å². The van der Waals surface area contributed by atoms with Crippen molar-refractivity contribution in [1.29, 1.82) is 0 Å². The first-order valence-electron chi connectivity index (χ1n) is 11.6. The molecule has 3 N–H and O–H groups in total. The number of carbonyl (C=O) groups excluding carboxylic acids is 1. The highest BCUT2D eigenvalue weighted by Gasteiger charge is 2.38. The second-order valence-corrected chi connectivity index (χ2v) is 8.92. The zero-order chi connectivity index (χ0) is 25.8. The van der Waals surface area contributed by atoms with E-state index in [1.54, 1.807) is 31.4 Å². The Morgan fingerprint density at radius 2 is 1.64 bits per heavy atom. The number of rotatable bonds is 4. The number of carboxylic acids is 2. The highest BCUT2D eigenvalue weighted by atomic mass is 16.5. The second-order valence-electron chi connectivity index (χ2n) is 8.92. The predicted molar refractivity (Wildman–Crippen MR) is 133 cm³/mol. The van der Waals surface area contributed by atoms with Crippen molar-refractivity contribution in [3.8, 4) is 5.75 Å². The van der Waals surface area contributed by atoms with Gasteiger partial charge in [-0.1, -0.05) is 54.6 Å². The molecular formula is C28H28N2O6. The van der Waals surface area contributed by atoms with Crippen LogP contribution in [0.1, 0.15) is 50.5 Å². The van der Waals surface area contributed by atoms with Gasteiger partial charge in [-0.3, -0.25) is 14.4 Å². The van der Waals surface area contributed by atoms with Crippen LogP contribution in [0.4, 0.5) is 0 Å². The van der Waals surface area contributed by atoms with Crippen molar-refractivity contribution in [1.82, 2.24) is 10.2 Å². The molecule has 2 aliphatic rings. The third-order valence-corrected chi connectivity index (χ3v) is 6.55. The van der Waals surface area contributed by atoms with Crippen molar-refractivity contribution in [3.05, 3.63) is 101 Å². The lowest BCUT2D eigenvalue weighted by atomic mass is 9.81. The Balaban J connectivity index is 0.000000174. The molecule has 2 aliphatic heterocycles. The Kier molecular flexibility index (Phi) is 7.36. The Labute approximate surface area is 209 Å². The molecule has 3 unspecified atom stereocenters. The number of nitrogens with one attached hydrogen (secondary N) is 1. The fourth-order valence-corrected chi connectivity index (χ4v) is 4.81. The molecule has 36 heavy (non-hydrogen) atoms. The minimum Gasteiger partial charge on any atom is -0.497 e. The van der Waals surface area contributed by atoms with Gasteiger partial charge in [-0.15, -0.1) is 0 Å². The van der Waals surface area contributed by atoms with Gasteiger partial charge in [0.15, 0.2) is 0 Å². The number of carbonyl (C=O) groups is 3. The fraction of sp³-hybridized carbons (Fsp3) is 0.250. The number of likely N-dealkylation sites (N-methyl/N-ethyl adjacent to an activating group) is 1. The smallest absolute Gasteiger partial charge is 0.313 e. The number of hydrogen-bond acceptors (Lipinski definition) is 5. The summed E-state index contributed by atoms with van der Waals surface area (Å²) in [5.74, 6) is -2.45. The van der Waals surface area contributed by atoms with E-state index in [0.29, 0.717) is 17.7 Å². The highest BCUT2D eigenvalue weighted by molar-refractivity contribution is 6.00. The maximum atomic E-state index is 12.1. The van der Waals surface area contributed by atoms with Crippen molar-refractivity contribution in [2.45, 2.75) is 24.4 Å². The first-order chi connectivity index (χ1) is 17.3. The molecule has 0 saturated carbocycles. The number of aliphatic carboxylic acids is 2. The van der Waals surface area contributed by atoms with E-state index in [1.165, 1.54) is 0 Å². The molecule has 0 spiro atoms. The van der Waals surface area contributed by atoms with Crippen molar-refractivity contribution in [2.24, 2.45) is 0 Å². The minimum atomic E-state index is -0.939. The molecule has 0 aliphatic carbocycles. The number of methoxy groups -OCH3 is 1. The van der Waals surface area contributed by atoms with Crippen LogP contribution in [0.25, 0.3) is 0 Å². The number of amides is 1. The summed E-state index contributed by atoms with van der Waals surface area (Å²) in [6, 6.07) is 21.2. The fourth-order valence-electron chi connectivity index (χ4n) is 4.81. The number of carboxylic acid groups (broad SMARTS) is 2. The van der Waals surface area contributed by atoms with Gasteiger partial charge in [0.1, 0.15) is 11.7 Å². The van der Waals surface area contributed by atoms with Gasteiger partial charge in [-0.05, 0) is 47.5 Å². The van der Waals surface area contributed by atoms with Gasteiger partial charge in [-0.25, -0.2) is 0 Å². The Bertz CT molecular complexity index is 1280. The van der Waals surface area contributed by atoms with Crippen molar-refractivity contribution in [2.75, 3.05) is 20.7 Å².